The van der Waals surface area contributed by atoms with E-state index in [1.54, 1.807) is 0 Å². The van der Waals surface area contributed by atoms with Gasteiger partial charge in [-0.2, -0.15) is 0 Å². The minimum atomic E-state index is -0.649. The Balaban J connectivity index is 1.13. The van der Waals surface area contributed by atoms with Gasteiger partial charge >= 0.3 is 0 Å². The Hall–Kier alpha value is -8.02. The average molecular weight is 958 g/mol. The molecule has 5 heteroatoms. The third-order valence-electron chi connectivity index (χ3n) is 17.0. The number of rotatable bonds is 5. The van der Waals surface area contributed by atoms with Gasteiger partial charge in [0.15, 0.2) is 0 Å². The molecule has 11 aromatic rings. The summed E-state index contributed by atoms with van der Waals surface area (Å²) in [5, 5.41) is 7.36. The molecular weight excluding hydrogens is 900 g/mol. The fourth-order valence-electron chi connectivity index (χ4n) is 13.1. The molecule has 2 aromatic heterocycles. The number of hydrogen-bond acceptors (Lipinski definition) is 4. The van der Waals surface area contributed by atoms with Crippen molar-refractivity contribution in [1.82, 2.24) is 0 Å². The molecule has 1 radical (unpaired) electrons. The van der Waals surface area contributed by atoms with Gasteiger partial charge < -0.3 is 19.1 Å². The summed E-state index contributed by atoms with van der Waals surface area (Å²) in [6, 6.07) is 71.6. The molecule has 0 atom stereocenters. The zero-order chi connectivity index (χ0) is 50.3. The van der Waals surface area contributed by atoms with E-state index in [2.05, 4.69) is 260 Å². The Morgan fingerprint density at radius 1 is 0.514 bits per heavy atom. The van der Waals surface area contributed by atoms with E-state index in [-0.39, 0.29) is 16.2 Å². The molecule has 0 spiro atoms. The van der Waals surface area contributed by atoms with E-state index in [9.17, 15) is 0 Å². The Labute approximate surface area is 434 Å². The maximum Gasteiger partial charge on any atom is 0.247 e. The summed E-state index contributed by atoms with van der Waals surface area (Å²) in [5.41, 5.74) is 22.4. The Kier molecular flexibility index (Phi) is 9.65. The number of para-hydroxylation sites is 3. The molecule has 1 aliphatic carbocycles. The summed E-state index contributed by atoms with van der Waals surface area (Å²) in [7, 11) is 2.34. The minimum absolute atomic E-state index is 0.00573. The molecule has 1 N–H and O–H groups in total. The molecule has 359 valence electrons. The molecule has 74 heavy (non-hydrogen) atoms. The van der Waals surface area contributed by atoms with Crippen LogP contribution in [0.5, 0.6) is 0 Å². The first-order chi connectivity index (χ1) is 35.8. The minimum Gasteiger partial charge on any atom is -0.469 e. The monoisotopic (exact) mass is 957 g/mol. The summed E-state index contributed by atoms with van der Waals surface area (Å²) in [6.07, 6.45) is 2.24. The molecule has 4 heterocycles. The number of furan rings is 2. The van der Waals surface area contributed by atoms with Crippen LogP contribution in [0.15, 0.2) is 203 Å². The van der Waals surface area contributed by atoms with Crippen molar-refractivity contribution in [2.75, 3.05) is 10.2 Å². The van der Waals surface area contributed by atoms with Crippen LogP contribution in [0, 0.1) is 0 Å². The Bertz CT molecular complexity index is 4020. The van der Waals surface area contributed by atoms with Gasteiger partial charge in [-0.25, -0.2) is 0 Å². The highest BCUT2D eigenvalue weighted by atomic mass is 16.3. The summed E-state index contributed by atoms with van der Waals surface area (Å²) in [6.45, 7) is 16.5. The molecule has 4 nitrogen and oxygen atoms in total. The van der Waals surface area contributed by atoms with Crippen molar-refractivity contribution in [3.05, 3.63) is 233 Å². The lowest BCUT2D eigenvalue weighted by atomic mass is 9.59. The largest absolute Gasteiger partial charge is 0.469 e. The summed E-state index contributed by atoms with van der Waals surface area (Å²) in [4.78, 5) is 2.52. The van der Waals surface area contributed by atoms with Crippen molar-refractivity contribution in [3.8, 4) is 22.3 Å². The molecule has 0 fully saturated rings. The molecule has 0 unspecified atom stereocenters. The number of anilines is 5. The first-order valence-corrected chi connectivity index (χ1v) is 26.4. The van der Waals surface area contributed by atoms with Gasteiger partial charge in [0.05, 0.1) is 28.1 Å². The highest BCUT2D eigenvalue weighted by Crippen LogP contribution is 2.58. The summed E-state index contributed by atoms with van der Waals surface area (Å²) < 4.78 is 14.5. The van der Waals surface area contributed by atoms with E-state index in [0.29, 0.717) is 0 Å². The van der Waals surface area contributed by atoms with Crippen LogP contribution in [0.3, 0.4) is 0 Å². The summed E-state index contributed by atoms with van der Waals surface area (Å²) >= 11 is 0. The zero-order valence-corrected chi connectivity index (χ0v) is 43.2. The first-order valence-electron chi connectivity index (χ1n) is 26.4. The predicted octanol–water partition coefficient (Wildman–Crippen LogP) is 17.2. The lowest BCUT2D eigenvalue weighted by Crippen LogP contribution is -2.40. The second-order valence-electron chi connectivity index (χ2n) is 23.3. The van der Waals surface area contributed by atoms with Crippen LogP contribution >= 0.6 is 0 Å². The van der Waals surface area contributed by atoms with E-state index in [1.165, 1.54) is 38.9 Å². The van der Waals surface area contributed by atoms with E-state index >= 15 is 0 Å². The van der Waals surface area contributed by atoms with Gasteiger partial charge in [-0.1, -0.05) is 200 Å². The molecule has 0 bridgehead atoms. The first kappa shape index (κ1) is 44.7. The van der Waals surface area contributed by atoms with Gasteiger partial charge in [0.1, 0.15) is 16.7 Å². The predicted molar refractivity (Wildman–Crippen MR) is 310 cm³/mol. The molecule has 14 rings (SSSR count). The molecular formula is C69H58BN2O2. The van der Waals surface area contributed by atoms with Gasteiger partial charge in [-0.05, 0) is 121 Å². The summed E-state index contributed by atoms with van der Waals surface area (Å²) in [5.74, 6) is 0. The fraction of sp³-hybridized carbons (Fsp3) is 0.188. The van der Waals surface area contributed by atoms with E-state index in [0.717, 1.165) is 108 Å². The third-order valence-corrected chi connectivity index (χ3v) is 17.0. The highest BCUT2D eigenvalue weighted by Gasteiger charge is 2.46. The number of hydrogen-bond donors (Lipinski definition) is 1. The number of fused-ring (bicyclic) bond motifs is 10. The van der Waals surface area contributed by atoms with Crippen LogP contribution in [0.4, 0.5) is 28.4 Å². The Morgan fingerprint density at radius 2 is 1.15 bits per heavy atom. The van der Waals surface area contributed by atoms with Crippen molar-refractivity contribution >= 4 is 79.7 Å². The molecule has 0 amide bonds. The van der Waals surface area contributed by atoms with Crippen LogP contribution in [-0.4, -0.2) is 7.28 Å². The van der Waals surface area contributed by atoms with Crippen molar-refractivity contribution in [2.24, 2.45) is 0 Å². The smallest absolute Gasteiger partial charge is 0.247 e. The lowest BCUT2D eigenvalue weighted by molar-refractivity contribution is 0.332. The standard InChI is InChI=1S/C69H58BN2O2/c1-66(2,3)45-34-35-55(48(38-45)42-22-11-8-12-23-42)72-56-41-59-60(46-28-17-20-33-57(46)73-59)61(62(56)70-65-64(72)49-39-52-53(40-58(49)74-65)68(6,7)37-36-67(52,4)5)47-29-21-31-51-63(47)71-54-32-19-18-30-50(54)69(51,43-24-13-9-14-25-43)44-26-15-10-16-27-44/h8-35,38-41,71H,36-37H2,1-7H3. The third kappa shape index (κ3) is 6.48. The molecule has 9 aromatic carbocycles. The topological polar surface area (TPSA) is 41.6 Å². The zero-order valence-electron chi connectivity index (χ0n) is 43.2. The second-order valence-corrected chi connectivity index (χ2v) is 23.3. The van der Waals surface area contributed by atoms with E-state index < -0.39 is 5.41 Å². The molecule has 2 aliphatic heterocycles. The number of benzene rings is 9. The quantitative estimate of drug-likeness (QED) is 0.175. The normalized spacial score (nSPS) is 15.9. The van der Waals surface area contributed by atoms with Crippen LogP contribution in [0.2, 0.25) is 0 Å². The van der Waals surface area contributed by atoms with E-state index in [4.69, 9.17) is 8.83 Å². The fourth-order valence-corrected chi connectivity index (χ4v) is 13.1. The SMILES string of the molecule is CC(C)(C)c1ccc(N2c3cc4oc5ccccc5c4c(-c4cccc5c4Nc4ccccc4C5(c4ccccc4)c4ccccc4)c3[B]c3oc4cc5c(cc4c32)C(C)(C)CCC5(C)C)c(-c2ccccc2)c1. The number of nitrogens with one attached hydrogen (secondary N) is 1. The van der Waals surface area contributed by atoms with Gasteiger partial charge in [0.2, 0.25) is 7.28 Å². The lowest BCUT2D eigenvalue weighted by Gasteiger charge is -2.43. The van der Waals surface area contributed by atoms with E-state index in [1.807, 2.05) is 0 Å². The maximum atomic E-state index is 7.39. The van der Waals surface area contributed by atoms with Gasteiger partial charge in [0, 0.05) is 44.7 Å². The van der Waals surface area contributed by atoms with Gasteiger partial charge in [-0.3, -0.25) is 0 Å². The number of nitrogens with zero attached hydrogens (tertiary/aromatic N) is 1. The molecule has 3 aliphatic rings. The van der Waals surface area contributed by atoms with Crippen LogP contribution in [-0.2, 0) is 21.7 Å². The van der Waals surface area contributed by atoms with Crippen molar-refractivity contribution in [2.45, 2.75) is 83.0 Å². The average Bonchev–Trinajstić information content (AvgIpc) is 3.97. The second kappa shape index (κ2) is 16.0. The van der Waals surface area contributed by atoms with Crippen molar-refractivity contribution in [1.29, 1.82) is 0 Å². The highest BCUT2D eigenvalue weighted by molar-refractivity contribution is 6.73. The van der Waals surface area contributed by atoms with Crippen molar-refractivity contribution in [3.63, 3.8) is 0 Å². The van der Waals surface area contributed by atoms with Crippen LogP contribution in [0.1, 0.15) is 100 Å². The van der Waals surface area contributed by atoms with Crippen molar-refractivity contribution < 1.29 is 8.83 Å². The Morgan fingerprint density at radius 3 is 1.86 bits per heavy atom. The maximum absolute atomic E-state index is 7.39. The molecule has 0 saturated heterocycles. The van der Waals surface area contributed by atoms with Gasteiger partial charge in [0.25, 0.3) is 0 Å². The van der Waals surface area contributed by atoms with Crippen LogP contribution in [0.25, 0.3) is 55.2 Å². The van der Waals surface area contributed by atoms with Crippen LogP contribution < -0.4 is 21.3 Å². The van der Waals surface area contributed by atoms with Gasteiger partial charge in [-0.15, -0.1) is 0 Å². The molecule has 0 saturated carbocycles.